The Morgan fingerprint density at radius 1 is 1.10 bits per heavy atom. The number of hydrogen-bond donors (Lipinski definition) is 1. The van der Waals surface area contributed by atoms with Gasteiger partial charge in [-0.2, -0.15) is 5.26 Å². The first-order valence-corrected chi connectivity index (χ1v) is 6.40. The number of fused-ring (bicyclic) bond motifs is 1. The number of nitrogens with zero attached hydrogens (tertiary/aromatic N) is 1. The van der Waals surface area contributed by atoms with Crippen molar-refractivity contribution in [2.45, 2.75) is 6.92 Å². The number of nitriles is 1. The summed E-state index contributed by atoms with van der Waals surface area (Å²) in [6.45, 7) is 2.05. The number of benzene rings is 2. The molecule has 0 aliphatic carbocycles. The van der Waals surface area contributed by atoms with Crippen molar-refractivity contribution in [1.82, 2.24) is 4.98 Å². The summed E-state index contributed by atoms with van der Waals surface area (Å²) in [5.41, 5.74) is 4.66. The second kappa shape index (κ2) is 4.75. The molecule has 3 nitrogen and oxygen atoms in total. The molecule has 1 heterocycles. The predicted octanol–water partition coefficient (Wildman–Crippen LogP) is 4.02. The first-order chi connectivity index (χ1) is 9.72. The summed E-state index contributed by atoms with van der Waals surface area (Å²) in [5, 5.41) is 10.4. The Kier molecular flexibility index (Phi) is 2.92. The lowest BCUT2D eigenvalue weighted by Gasteiger charge is -1.99. The minimum atomic E-state index is 0.673. The van der Waals surface area contributed by atoms with Crippen LogP contribution in [0.2, 0.25) is 0 Å². The first kappa shape index (κ1) is 12.3. The highest BCUT2D eigenvalue weighted by atomic mass is 16.5. The van der Waals surface area contributed by atoms with Crippen molar-refractivity contribution in [3.8, 4) is 23.1 Å². The minimum Gasteiger partial charge on any atom is -0.497 e. The van der Waals surface area contributed by atoms with Crippen LogP contribution in [0, 0.1) is 18.3 Å². The molecule has 0 unspecified atom stereocenters. The highest BCUT2D eigenvalue weighted by Crippen LogP contribution is 2.31. The second-order valence-electron chi connectivity index (χ2n) is 4.76. The van der Waals surface area contributed by atoms with E-state index in [2.05, 4.69) is 11.1 Å². The highest BCUT2D eigenvalue weighted by molar-refractivity contribution is 5.94. The van der Waals surface area contributed by atoms with E-state index in [-0.39, 0.29) is 0 Å². The third kappa shape index (κ3) is 1.92. The zero-order chi connectivity index (χ0) is 14.1. The zero-order valence-electron chi connectivity index (χ0n) is 11.4. The molecule has 0 aliphatic heterocycles. The smallest absolute Gasteiger partial charge is 0.120 e. The van der Waals surface area contributed by atoms with Gasteiger partial charge in [-0.15, -0.1) is 0 Å². The highest BCUT2D eigenvalue weighted by Gasteiger charge is 2.13. The topological polar surface area (TPSA) is 48.8 Å². The van der Waals surface area contributed by atoms with E-state index in [9.17, 15) is 5.26 Å². The maximum absolute atomic E-state index is 9.45. The number of aromatic amines is 1. The average molecular weight is 262 g/mol. The van der Waals surface area contributed by atoms with Gasteiger partial charge < -0.3 is 9.72 Å². The van der Waals surface area contributed by atoms with Gasteiger partial charge in [-0.3, -0.25) is 0 Å². The molecule has 0 saturated carbocycles. The molecule has 1 N–H and O–H groups in total. The van der Waals surface area contributed by atoms with E-state index in [4.69, 9.17) is 4.74 Å². The number of aryl methyl sites for hydroxylation is 1. The fraction of sp³-hybridized carbons (Fsp3) is 0.118. The van der Waals surface area contributed by atoms with E-state index < -0.39 is 0 Å². The molecule has 0 atom stereocenters. The van der Waals surface area contributed by atoms with Crippen LogP contribution < -0.4 is 4.74 Å². The molecule has 0 fully saturated rings. The van der Waals surface area contributed by atoms with E-state index in [0.717, 1.165) is 27.9 Å². The van der Waals surface area contributed by atoms with Gasteiger partial charge in [0.25, 0.3) is 0 Å². The summed E-state index contributed by atoms with van der Waals surface area (Å²) in [4.78, 5) is 3.32. The third-order valence-electron chi connectivity index (χ3n) is 3.46. The van der Waals surface area contributed by atoms with Gasteiger partial charge >= 0.3 is 0 Å². The molecule has 98 valence electrons. The fourth-order valence-electron chi connectivity index (χ4n) is 2.36. The van der Waals surface area contributed by atoms with Crippen LogP contribution in [0.25, 0.3) is 22.2 Å². The van der Waals surface area contributed by atoms with Crippen LogP contribution in [0.15, 0.2) is 42.5 Å². The quantitative estimate of drug-likeness (QED) is 0.758. The van der Waals surface area contributed by atoms with E-state index in [1.165, 1.54) is 5.56 Å². The summed E-state index contributed by atoms with van der Waals surface area (Å²) in [6.07, 6.45) is 0. The molecule has 0 aliphatic rings. The Morgan fingerprint density at radius 2 is 1.85 bits per heavy atom. The predicted molar refractivity (Wildman–Crippen MR) is 79.7 cm³/mol. The van der Waals surface area contributed by atoms with Gasteiger partial charge in [0.2, 0.25) is 0 Å². The number of hydrogen-bond acceptors (Lipinski definition) is 2. The van der Waals surface area contributed by atoms with Crippen molar-refractivity contribution in [2.75, 3.05) is 7.11 Å². The molecule has 0 amide bonds. The maximum atomic E-state index is 9.45. The average Bonchev–Trinajstić information content (AvgIpc) is 2.85. The lowest BCUT2D eigenvalue weighted by atomic mass is 10.0. The van der Waals surface area contributed by atoms with Gasteiger partial charge in [0.05, 0.1) is 23.9 Å². The van der Waals surface area contributed by atoms with Crippen LogP contribution >= 0.6 is 0 Å². The first-order valence-electron chi connectivity index (χ1n) is 6.40. The number of rotatable bonds is 2. The van der Waals surface area contributed by atoms with Crippen LogP contribution in [0.4, 0.5) is 0 Å². The number of methoxy groups -OCH3 is 1. The molecule has 0 bridgehead atoms. The summed E-state index contributed by atoms with van der Waals surface area (Å²) in [5.74, 6) is 0.777. The van der Waals surface area contributed by atoms with Gasteiger partial charge in [-0.1, -0.05) is 29.8 Å². The number of ether oxygens (including phenoxy) is 1. The van der Waals surface area contributed by atoms with Gasteiger partial charge in [-0.05, 0) is 24.6 Å². The summed E-state index contributed by atoms with van der Waals surface area (Å²) < 4.78 is 5.22. The minimum absolute atomic E-state index is 0.673. The van der Waals surface area contributed by atoms with Crippen molar-refractivity contribution in [3.05, 3.63) is 53.6 Å². The van der Waals surface area contributed by atoms with Crippen molar-refractivity contribution >= 4 is 10.9 Å². The normalized spacial score (nSPS) is 10.4. The Balaban J connectivity index is 2.25. The van der Waals surface area contributed by atoms with E-state index >= 15 is 0 Å². The number of aromatic nitrogens is 1. The molecule has 3 rings (SSSR count). The molecular weight excluding hydrogens is 248 g/mol. The Bertz CT molecular complexity index is 807. The second-order valence-corrected chi connectivity index (χ2v) is 4.76. The molecule has 3 heteroatoms. The lowest BCUT2D eigenvalue weighted by molar-refractivity contribution is 0.415. The monoisotopic (exact) mass is 262 g/mol. The summed E-state index contributed by atoms with van der Waals surface area (Å²) >= 11 is 0. The summed E-state index contributed by atoms with van der Waals surface area (Å²) in [7, 11) is 1.64. The Hall–Kier alpha value is -2.73. The molecule has 2 aromatic carbocycles. The number of H-pyrrole nitrogens is 1. The Labute approximate surface area is 117 Å². The fourth-order valence-corrected chi connectivity index (χ4v) is 2.36. The van der Waals surface area contributed by atoms with Crippen LogP contribution in [0.5, 0.6) is 5.75 Å². The van der Waals surface area contributed by atoms with Crippen LogP contribution in [0.1, 0.15) is 11.1 Å². The standard InChI is InChI=1S/C17H14N2O/c1-11-3-5-12(6-4-11)17-15(10-18)14-8-7-13(20-2)9-16(14)19-17/h3-9,19H,1-2H3. The van der Waals surface area contributed by atoms with Crippen LogP contribution in [-0.2, 0) is 0 Å². The van der Waals surface area contributed by atoms with Gasteiger partial charge in [0.1, 0.15) is 11.8 Å². The van der Waals surface area contributed by atoms with E-state index in [0.29, 0.717) is 5.56 Å². The molecule has 20 heavy (non-hydrogen) atoms. The third-order valence-corrected chi connectivity index (χ3v) is 3.46. The van der Waals surface area contributed by atoms with Gasteiger partial charge in [-0.25, -0.2) is 0 Å². The van der Waals surface area contributed by atoms with Crippen LogP contribution in [0.3, 0.4) is 0 Å². The van der Waals surface area contributed by atoms with Crippen LogP contribution in [-0.4, -0.2) is 12.1 Å². The van der Waals surface area contributed by atoms with E-state index in [1.54, 1.807) is 7.11 Å². The SMILES string of the molecule is COc1ccc2c(C#N)c(-c3ccc(C)cc3)[nH]c2c1. The molecular formula is C17H14N2O. The summed E-state index contributed by atoms with van der Waals surface area (Å²) in [6, 6.07) is 16.1. The maximum Gasteiger partial charge on any atom is 0.120 e. The Morgan fingerprint density at radius 3 is 2.50 bits per heavy atom. The molecule has 0 saturated heterocycles. The lowest BCUT2D eigenvalue weighted by Crippen LogP contribution is -1.81. The van der Waals surface area contributed by atoms with Crippen molar-refractivity contribution in [1.29, 1.82) is 5.26 Å². The number of nitrogens with one attached hydrogen (secondary N) is 1. The van der Waals surface area contributed by atoms with Crippen molar-refractivity contribution in [2.24, 2.45) is 0 Å². The van der Waals surface area contributed by atoms with Crippen molar-refractivity contribution < 1.29 is 4.74 Å². The molecule has 0 spiro atoms. The molecule has 1 aromatic heterocycles. The zero-order valence-corrected chi connectivity index (χ0v) is 11.4. The molecule has 0 radical (unpaired) electrons. The van der Waals surface area contributed by atoms with Gasteiger partial charge in [0.15, 0.2) is 0 Å². The van der Waals surface area contributed by atoms with Gasteiger partial charge in [0, 0.05) is 11.5 Å². The molecule has 3 aromatic rings. The van der Waals surface area contributed by atoms with E-state index in [1.807, 2.05) is 49.4 Å². The largest absolute Gasteiger partial charge is 0.497 e. The van der Waals surface area contributed by atoms with Crippen molar-refractivity contribution in [3.63, 3.8) is 0 Å².